The van der Waals surface area contributed by atoms with Gasteiger partial charge in [-0.2, -0.15) is 0 Å². The predicted molar refractivity (Wildman–Crippen MR) is 137 cm³/mol. The second kappa shape index (κ2) is 12.0. The molecule has 5 N–H and O–H groups in total. The number of hydrogen-bond donors (Lipinski definition) is 4. The predicted octanol–water partition coefficient (Wildman–Crippen LogP) is 2.30. The zero-order valence-corrected chi connectivity index (χ0v) is 21.7. The van der Waals surface area contributed by atoms with E-state index in [1.54, 1.807) is 0 Å². The topological polar surface area (TPSA) is 211 Å². The van der Waals surface area contributed by atoms with Crippen LogP contribution < -0.4 is 15.8 Å². The summed E-state index contributed by atoms with van der Waals surface area (Å²) in [5.74, 6) is -3.39. The van der Waals surface area contributed by atoms with E-state index in [0.717, 1.165) is 38.1 Å². The van der Waals surface area contributed by atoms with Gasteiger partial charge < -0.3 is 30.9 Å². The number of urea groups is 1. The van der Waals surface area contributed by atoms with Crippen molar-refractivity contribution in [2.45, 2.75) is 25.2 Å². The van der Waals surface area contributed by atoms with Gasteiger partial charge in [0.05, 0.1) is 22.1 Å². The lowest BCUT2D eigenvalue weighted by Gasteiger charge is -2.37. The number of allylic oxidation sites excluding steroid dienone is 1. The molecule has 1 fully saturated rings. The summed E-state index contributed by atoms with van der Waals surface area (Å²) in [5, 5.41) is 32.7. The molecular weight excluding hydrogens is 531 g/mol. The molecule has 0 radical (unpaired) electrons. The van der Waals surface area contributed by atoms with Gasteiger partial charge in [0, 0.05) is 37.7 Å². The number of aromatic nitrogens is 2. The maximum atomic E-state index is 14.1. The van der Waals surface area contributed by atoms with E-state index >= 15 is 0 Å². The number of non-ortho nitro benzene ring substituents is 1. The van der Waals surface area contributed by atoms with Crippen molar-refractivity contribution in [3.05, 3.63) is 64.4 Å². The van der Waals surface area contributed by atoms with Gasteiger partial charge in [-0.1, -0.05) is 12.2 Å². The lowest BCUT2D eigenvalue weighted by molar-refractivity contribution is -0.385. The first kappa shape index (κ1) is 29.9. The highest BCUT2D eigenvalue weighted by atomic mass is 19.1. The van der Waals surface area contributed by atoms with Crippen LogP contribution in [0.25, 0.3) is 0 Å². The summed E-state index contributed by atoms with van der Waals surface area (Å²) in [7, 11) is 2.06. The molecule has 2 heterocycles. The number of nitrogens with one attached hydrogen (secondary N) is 1. The summed E-state index contributed by atoms with van der Waals surface area (Å²) >= 11 is 0. The number of halogens is 1. The van der Waals surface area contributed by atoms with E-state index in [1.807, 2.05) is 0 Å². The Bertz CT molecular complexity index is 1330. The van der Waals surface area contributed by atoms with Crippen molar-refractivity contribution in [3.8, 4) is 11.6 Å². The number of benzene rings is 1. The van der Waals surface area contributed by atoms with Crippen LogP contribution in [0.2, 0.25) is 0 Å². The molecular formula is C25H29FN6O8. The number of rotatable bonds is 8. The van der Waals surface area contributed by atoms with E-state index in [4.69, 9.17) is 10.5 Å². The fraction of sp³-hybridized carbons (Fsp3) is 0.400. The molecule has 2 aliphatic rings. The minimum absolute atomic E-state index is 0.000792. The number of ether oxygens (including phenoxy) is 1. The maximum Gasteiger partial charge on any atom is 0.316 e. The molecule has 2 atom stereocenters. The van der Waals surface area contributed by atoms with Crippen molar-refractivity contribution >= 4 is 23.7 Å². The van der Waals surface area contributed by atoms with Crippen LogP contribution in [0.5, 0.6) is 11.6 Å². The second-order valence-electron chi connectivity index (χ2n) is 9.94. The molecule has 214 valence electrons. The van der Waals surface area contributed by atoms with Crippen molar-refractivity contribution in [2.75, 3.05) is 26.7 Å². The Morgan fingerprint density at radius 3 is 2.50 bits per heavy atom. The number of nitro benzene ring substituents is 1. The van der Waals surface area contributed by atoms with Gasteiger partial charge in [0.1, 0.15) is 11.7 Å². The SMILES string of the molecule is CC1(C(=O)O)C=CCC(C(=O)O)(c2cc(Oc3ccc([N+](=O)[O-])cc3F)ncn2)C1.CN1CC(CNC(N)=O)C1. The van der Waals surface area contributed by atoms with Gasteiger partial charge in [0.15, 0.2) is 11.6 Å². The van der Waals surface area contributed by atoms with E-state index in [9.17, 15) is 39.1 Å². The molecule has 1 aliphatic heterocycles. The van der Waals surface area contributed by atoms with Crippen LogP contribution in [-0.2, 0) is 15.0 Å². The summed E-state index contributed by atoms with van der Waals surface area (Å²) < 4.78 is 19.4. The van der Waals surface area contributed by atoms with Crippen molar-refractivity contribution in [1.29, 1.82) is 0 Å². The Kier molecular flexibility index (Phi) is 8.99. The Morgan fingerprint density at radius 1 is 1.25 bits per heavy atom. The number of hydrogen-bond acceptors (Lipinski definition) is 9. The molecule has 0 saturated carbocycles. The summed E-state index contributed by atoms with van der Waals surface area (Å²) in [4.78, 5) is 54.0. The van der Waals surface area contributed by atoms with Gasteiger partial charge in [-0.15, -0.1) is 0 Å². The lowest BCUT2D eigenvalue weighted by Crippen LogP contribution is -2.49. The van der Waals surface area contributed by atoms with E-state index < -0.39 is 45.2 Å². The molecule has 2 unspecified atom stereocenters. The molecule has 2 aromatic rings. The Hall–Kier alpha value is -4.66. The average molecular weight is 561 g/mol. The van der Waals surface area contributed by atoms with Crippen LogP contribution in [0.4, 0.5) is 14.9 Å². The zero-order chi connectivity index (χ0) is 29.7. The summed E-state index contributed by atoms with van der Waals surface area (Å²) in [5.41, 5.74) is 1.35. The third-order valence-corrected chi connectivity index (χ3v) is 6.70. The van der Waals surface area contributed by atoms with Crippen LogP contribution in [0.3, 0.4) is 0 Å². The van der Waals surface area contributed by atoms with Crippen LogP contribution in [-0.4, -0.2) is 74.7 Å². The van der Waals surface area contributed by atoms with Gasteiger partial charge >= 0.3 is 18.0 Å². The molecule has 1 aromatic carbocycles. The monoisotopic (exact) mass is 560 g/mol. The Labute approximate surface area is 227 Å². The van der Waals surface area contributed by atoms with E-state index in [1.165, 1.54) is 25.1 Å². The number of primary amides is 1. The third kappa shape index (κ3) is 6.85. The van der Waals surface area contributed by atoms with E-state index in [0.29, 0.717) is 12.0 Å². The van der Waals surface area contributed by atoms with Crippen LogP contribution >= 0.6 is 0 Å². The van der Waals surface area contributed by atoms with Crippen molar-refractivity contribution < 1.29 is 38.6 Å². The number of likely N-dealkylation sites (tertiary alicyclic amines) is 1. The quantitative estimate of drug-likeness (QED) is 0.209. The van der Waals surface area contributed by atoms with Gasteiger partial charge in [0.2, 0.25) is 5.88 Å². The standard InChI is InChI=1S/C19H16FN3O7.C6H13N3O/c1-18(16(24)25)5-2-6-19(9-18,17(26)27)14-8-15(22-10-21-14)30-13-4-3-11(23(28)29)7-12(13)20;1-9-3-5(4-9)2-8-6(7)10/h2-5,7-8,10H,6,9H2,1H3,(H,24,25)(H,26,27);5H,2-4H2,1H3,(H3,7,8,10). The molecule has 14 nitrogen and oxygen atoms in total. The number of nitrogens with two attached hydrogens (primary N) is 1. The van der Waals surface area contributed by atoms with Gasteiger partial charge in [-0.25, -0.2) is 19.2 Å². The average Bonchev–Trinajstić information content (AvgIpc) is 2.87. The lowest BCUT2D eigenvalue weighted by atomic mass is 9.64. The smallest absolute Gasteiger partial charge is 0.316 e. The number of carboxylic acids is 2. The summed E-state index contributed by atoms with van der Waals surface area (Å²) in [6.07, 6.45) is 3.68. The number of nitrogens with zero attached hydrogens (tertiary/aromatic N) is 4. The zero-order valence-electron chi connectivity index (χ0n) is 21.7. The summed E-state index contributed by atoms with van der Waals surface area (Å²) in [6.45, 7) is 4.27. The van der Waals surface area contributed by atoms with Crippen molar-refractivity contribution in [1.82, 2.24) is 20.2 Å². The van der Waals surface area contributed by atoms with Crippen LogP contribution in [0, 0.1) is 27.3 Å². The van der Waals surface area contributed by atoms with Crippen LogP contribution in [0.15, 0.2) is 42.7 Å². The second-order valence-corrected chi connectivity index (χ2v) is 9.94. The Balaban J connectivity index is 0.000000371. The molecule has 1 aromatic heterocycles. The van der Waals surface area contributed by atoms with E-state index in [-0.39, 0.29) is 30.2 Å². The maximum absolute atomic E-state index is 14.1. The highest BCUT2D eigenvalue weighted by Crippen LogP contribution is 2.45. The first-order valence-corrected chi connectivity index (χ1v) is 12.1. The minimum atomic E-state index is -1.66. The molecule has 1 aliphatic carbocycles. The van der Waals surface area contributed by atoms with Gasteiger partial charge in [0.25, 0.3) is 5.69 Å². The molecule has 40 heavy (non-hydrogen) atoms. The summed E-state index contributed by atoms with van der Waals surface area (Å²) in [6, 6.07) is 3.54. The third-order valence-electron chi connectivity index (χ3n) is 6.70. The number of carboxylic acid groups (broad SMARTS) is 2. The number of nitro groups is 1. The number of aliphatic carboxylic acids is 2. The van der Waals surface area contributed by atoms with Gasteiger partial charge in [-0.3, -0.25) is 19.7 Å². The fourth-order valence-corrected chi connectivity index (χ4v) is 4.55. The number of amides is 2. The Morgan fingerprint density at radius 2 is 1.95 bits per heavy atom. The van der Waals surface area contributed by atoms with Crippen LogP contribution in [0.1, 0.15) is 25.5 Å². The van der Waals surface area contributed by atoms with Crippen molar-refractivity contribution in [3.63, 3.8) is 0 Å². The molecule has 2 amide bonds. The first-order chi connectivity index (χ1) is 18.8. The van der Waals surface area contributed by atoms with E-state index in [2.05, 4.69) is 27.2 Å². The minimum Gasteiger partial charge on any atom is -0.481 e. The normalized spacial score (nSPS) is 22.3. The molecule has 1 saturated heterocycles. The highest BCUT2D eigenvalue weighted by Gasteiger charge is 2.51. The first-order valence-electron chi connectivity index (χ1n) is 12.1. The fourth-order valence-electron chi connectivity index (χ4n) is 4.55. The number of carbonyl (C=O) groups is 3. The molecule has 4 rings (SSSR count). The molecule has 0 spiro atoms. The molecule has 0 bridgehead atoms. The largest absolute Gasteiger partial charge is 0.481 e. The van der Waals surface area contributed by atoms with Gasteiger partial charge in [-0.05, 0) is 32.9 Å². The highest BCUT2D eigenvalue weighted by molar-refractivity contribution is 5.85. The van der Waals surface area contributed by atoms with Crippen molar-refractivity contribution in [2.24, 2.45) is 17.1 Å². The number of carbonyl (C=O) groups excluding carboxylic acids is 1. The molecule has 15 heteroatoms.